The summed E-state index contributed by atoms with van der Waals surface area (Å²) in [4.78, 5) is 31.5. The lowest BCUT2D eigenvalue weighted by Gasteiger charge is -2.36. The number of rotatable bonds is 4. The molecular weight excluding hydrogens is 347 g/mol. The number of anilines is 1. The molecule has 0 aliphatic carbocycles. The van der Waals surface area contributed by atoms with Gasteiger partial charge < -0.3 is 15.1 Å². The van der Waals surface area contributed by atoms with E-state index >= 15 is 0 Å². The Morgan fingerprint density at radius 3 is 2.52 bits per heavy atom. The Kier molecular flexibility index (Phi) is 5.69. The largest absolute Gasteiger partial charge is 0.366 e. The lowest BCUT2D eigenvalue weighted by atomic mass is 10.1. The van der Waals surface area contributed by atoms with Crippen molar-refractivity contribution < 1.29 is 14.0 Å². The average Bonchev–Trinajstić information content (AvgIpc) is 2.68. The molecule has 1 aliphatic heterocycles. The van der Waals surface area contributed by atoms with Crippen molar-refractivity contribution in [2.24, 2.45) is 0 Å². The average molecular weight is 370 g/mol. The molecule has 0 bridgehead atoms. The van der Waals surface area contributed by atoms with Crippen LogP contribution < -0.4 is 10.2 Å². The Labute approximate surface area is 158 Å². The number of carbonyl (C=O) groups is 2. The van der Waals surface area contributed by atoms with Crippen molar-refractivity contribution in [2.75, 3.05) is 31.1 Å². The lowest BCUT2D eigenvalue weighted by Crippen LogP contribution is -2.52. The van der Waals surface area contributed by atoms with Gasteiger partial charge in [0.25, 0.3) is 0 Å². The molecule has 0 unspecified atom stereocenters. The first-order chi connectivity index (χ1) is 13.0. The molecule has 2 amide bonds. The van der Waals surface area contributed by atoms with Crippen LogP contribution in [0.25, 0.3) is 0 Å². The number of ketones is 1. The van der Waals surface area contributed by atoms with Crippen LogP contribution in [0.3, 0.4) is 0 Å². The number of aromatic nitrogens is 1. The van der Waals surface area contributed by atoms with Crippen LogP contribution in [0.1, 0.15) is 35.8 Å². The van der Waals surface area contributed by atoms with Gasteiger partial charge in [-0.1, -0.05) is 6.07 Å². The minimum Gasteiger partial charge on any atom is -0.366 e. The van der Waals surface area contributed by atoms with Crippen molar-refractivity contribution in [1.82, 2.24) is 15.2 Å². The minimum absolute atomic E-state index is 0.138. The number of piperazine rings is 1. The maximum absolute atomic E-state index is 14.3. The van der Waals surface area contributed by atoms with Crippen LogP contribution in [0, 0.1) is 5.82 Å². The number of urea groups is 1. The van der Waals surface area contributed by atoms with E-state index in [-0.39, 0.29) is 17.9 Å². The summed E-state index contributed by atoms with van der Waals surface area (Å²) in [7, 11) is 0. The van der Waals surface area contributed by atoms with Gasteiger partial charge in [0.1, 0.15) is 5.82 Å². The fraction of sp³-hybridized carbons (Fsp3) is 0.350. The summed E-state index contributed by atoms with van der Waals surface area (Å²) in [5.41, 5.74) is 1.76. The Balaban J connectivity index is 1.57. The summed E-state index contributed by atoms with van der Waals surface area (Å²) >= 11 is 0. The highest BCUT2D eigenvalue weighted by Crippen LogP contribution is 2.22. The molecule has 1 fully saturated rings. The van der Waals surface area contributed by atoms with E-state index in [4.69, 9.17) is 0 Å². The lowest BCUT2D eigenvalue weighted by molar-refractivity contribution is 0.101. The zero-order chi connectivity index (χ0) is 19.4. The molecule has 1 saturated heterocycles. The molecule has 1 aliphatic rings. The number of nitrogens with zero attached hydrogens (tertiary/aromatic N) is 3. The van der Waals surface area contributed by atoms with Crippen LogP contribution in [0.5, 0.6) is 0 Å². The quantitative estimate of drug-likeness (QED) is 0.841. The van der Waals surface area contributed by atoms with Crippen LogP contribution >= 0.6 is 0 Å². The number of pyridine rings is 1. The minimum atomic E-state index is -0.411. The van der Waals surface area contributed by atoms with E-state index in [1.165, 1.54) is 13.0 Å². The van der Waals surface area contributed by atoms with Crippen LogP contribution in [-0.2, 0) is 0 Å². The van der Waals surface area contributed by atoms with Crippen molar-refractivity contribution in [3.05, 3.63) is 59.7 Å². The van der Waals surface area contributed by atoms with E-state index < -0.39 is 5.82 Å². The first-order valence-corrected chi connectivity index (χ1v) is 8.96. The van der Waals surface area contributed by atoms with E-state index in [2.05, 4.69) is 10.3 Å². The summed E-state index contributed by atoms with van der Waals surface area (Å²) in [5, 5.41) is 2.97. The topological polar surface area (TPSA) is 65.5 Å². The van der Waals surface area contributed by atoms with Gasteiger partial charge in [-0.15, -0.1) is 0 Å². The molecule has 0 spiro atoms. The smallest absolute Gasteiger partial charge is 0.317 e. The van der Waals surface area contributed by atoms with Crippen molar-refractivity contribution in [3.8, 4) is 0 Å². The molecule has 1 aromatic carbocycles. The molecule has 0 saturated carbocycles. The molecule has 1 N–H and O–H groups in total. The Hall–Kier alpha value is -2.96. The van der Waals surface area contributed by atoms with E-state index in [1.54, 1.807) is 29.4 Å². The molecular formula is C20H23FN4O2. The molecule has 1 atom stereocenters. The van der Waals surface area contributed by atoms with Gasteiger partial charge in [-0.2, -0.15) is 0 Å². The number of halogens is 1. The standard InChI is InChI=1S/C20H23FN4O2/c1-14(17-4-3-7-22-13-17)23-20(27)25-10-8-24(9-11-25)19-6-5-16(15(2)26)12-18(19)21/h3-7,12-14H,8-11H2,1-2H3,(H,23,27)/t14-/m0/s1. The number of hydrogen-bond donors (Lipinski definition) is 1. The van der Waals surface area contributed by atoms with Gasteiger partial charge in [0.2, 0.25) is 0 Å². The second-order valence-corrected chi connectivity index (χ2v) is 6.65. The first kappa shape index (κ1) is 18.8. The highest BCUT2D eigenvalue weighted by Gasteiger charge is 2.24. The number of amides is 2. The zero-order valence-corrected chi connectivity index (χ0v) is 15.5. The van der Waals surface area contributed by atoms with Crippen LogP contribution in [-0.4, -0.2) is 47.9 Å². The first-order valence-electron chi connectivity index (χ1n) is 8.96. The Morgan fingerprint density at radius 1 is 1.19 bits per heavy atom. The predicted octanol–water partition coefficient (Wildman–Crippen LogP) is 3.02. The maximum atomic E-state index is 14.3. The Morgan fingerprint density at radius 2 is 1.93 bits per heavy atom. The van der Waals surface area contributed by atoms with E-state index in [0.717, 1.165) is 5.56 Å². The molecule has 2 aromatic rings. The highest BCUT2D eigenvalue weighted by atomic mass is 19.1. The molecule has 6 nitrogen and oxygen atoms in total. The van der Waals surface area contributed by atoms with Gasteiger partial charge in [0.05, 0.1) is 11.7 Å². The third-order valence-corrected chi connectivity index (χ3v) is 4.79. The molecule has 142 valence electrons. The molecule has 27 heavy (non-hydrogen) atoms. The van der Waals surface area contributed by atoms with Gasteiger partial charge in [0.15, 0.2) is 5.78 Å². The third kappa shape index (κ3) is 4.42. The molecule has 0 radical (unpaired) electrons. The fourth-order valence-corrected chi connectivity index (χ4v) is 3.12. The second kappa shape index (κ2) is 8.16. The Bertz CT molecular complexity index is 820. The van der Waals surface area contributed by atoms with Gasteiger partial charge >= 0.3 is 6.03 Å². The number of Topliss-reactive ketones (excluding diaryl/α,β-unsaturated/α-hetero) is 1. The van der Waals surface area contributed by atoms with Gasteiger partial charge in [-0.25, -0.2) is 9.18 Å². The number of benzene rings is 1. The van der Waals surface area contributed by atoms with E-state index in [0.29, 0.717) is 37.4 Å². The summed E-state index contributed by atoms with van der Waals surface area (Å²) in [6.07, 6.45) is 3.43. The van der Waals surface area contributed by atoms with Crippen molar-refractivity contribution in [3.63, 3.8) is 0 Å². The predicted molar refractivity (Wildman–Crippen MR) is 101 cm³/mol. The number of nitrogens with one attached hydrogen (secondary N) is 1. The number of carbonyl (C=O) groups excluding carboxylic acids is 2. The monoisotopic (exact) mass is 370 g/mol. The van der Waals surface area contributed by atoms with E-state index in [1.807, 2.05) is 24.0 Å². The van der Waals surface area contributed by atoms with Crippen molar-refractivity contribution >= 4 is 17.5 Å². The van der Waals surface area contributed by atoms with Gasteiger partial charge in [-0.3, -0.25) is 9.78 Å². The third-order valence-electron chi connectivity index (χ3n) is 4.79. The summed E-state index contributed by atoms with van der Waals surface area (Å²) in [6.45, 7) is 5.39. The summed E-state index contributed by atoms with van der Waals surface area (Å²) in [5.74, 6) is -0.574. The second-order valence-electron chi connectivity index (χ2n) is 6.65. The zero-order valence-electron chi connectivity index (χ0n) is 15.5. The van der Waals surface area contributed by atoms with E-state index in [9.17, 15) is 14.0 Å². The van der Waals surface area contributed by atoms with Gasteiger partial charge in [0, 0.05) is 44.1 Å². The van der Waals surface area contributed by atoms with Crippen LogP contribution in [0.15, 0.2) is 42.7 Å². The molecule has 1 aromatic heterocycles. The fourth-order valence-electron chi connectivity index (χ4n) is 3.12. The number of hydrogen-bond acceptors (Lipinski definition) is 4. The SMILES string of the molecule is CC(=O)c1ccc(N2CCN(C(=O)N[C@@H](C)c3cccnc3)CC2)c(F)c1. The maximum Gasteiger partial charge on any atom is 0.317 e. The summed E-state index contributed by atoms with van der Waals surface area (Å²) < 4.78 is 14.3. The van der Waals surface area contributed by atoms with Crippen LogP contribution in [0.2, 0.25) is 0 Å². The molecule has 2 heterocycles. The van der Waals surface area contributed by atoms with Crippen molar-refractivity contribution in [2.45, 2.75) is 19.9 Å². The van der Waals surface area contributed by atoms with Crippen molar-refractivity contribution in [1.29, 1.82) is 0 Å². The normalized spacial score (nSPS) is 15.4. The summed E-state index contributed by atoms with van der Waals surface area (Å²) in [6, 6.07) is 8.01. The van der Waals surface area contributed by atoms with Gasteiger partial charge in [-0.05, 0) is 43.7 Å². The van der Waals surface area contributed by atoms with Crippen LogP contribution in [0.4, 0.5) is 14.9 Å². The highest BCUT2D eigenvalue weighted by molar-refractivity contribution is 5.94. The molecule has 3 rings (SSSR count). The molecule has 7 heteroatoms.